The molecule has 1 aromatic heterocycles. The van der Waals surface area contributed by atoms with Gasteiger partial charge in [-0.3, -0.25) is 9.80 Å². The number of benzene rings is 1. The van der Waals surface area contributed by atoms with Gasteiger partial charge in [0.1, 0.15) is 10.8 Å². The van der Waals surface area contributed by atoms with Crippen LogP contribution in [-0.4, -0.2) is 24.4 Å². The van der Waals surface area contributed by atoms with E-state index in [1.807, 2.05) is 45.0 Å². The van der Waals surface area contributed by atoms with E-state index >= 15 is 0 Å². The fourth-order valence-electron chi connectivity index (χ4n) is 4.69. The average Bonchev–Trinajstić information content (AvgIpc) is 3.08. The Bertz CT molecular complexity index is 1070. The summed E-state index contributed by atoms with van der Waals surface area (Å²) in [5.74, 6) is 0.876. The number of hydrogen-bond donors (Lipinski definition) is 3. The summed E-state index contributed by atoms with van der Waals surface area (Å²) in [4.78, 5) is 12.7. The number of rotatable bonds is 5. The number of hydrazine groups is 2. The molecule has 6 rings (SSSR count). The Kier molecular flexibility index (Phi) is 4.49. The minimum atomic E-state index is -1.29. The average molecular weight is 428 g/mol. The molecule has 2 heterocycles. The van der Waals surface area contributed by atoms with Gasteiger partial charge in [-0.05, 0) is 69.0 Å². The molecule has 3 fully saturated rings. The third kappa shape index (κ3) is 3.05. The van der Waals surface area contributed by atoms with Crippen molar-refractivity contribution in [1.29, 1.82) is 0 Å². The molecule has 0 amide bonds. The molecule has 0 spiro atoms. The van der Waals surface area contributed by atoms with Crippen molar-refractivity contribution in [3.05, 3.63) is 58.3 Å². The van der Waals surface area contributed by atoms with Gasteiger partial charge in [-0.1, -0.05) is 12.1 Å². The second-order valence-electron chi connectivity index (χ2n) is 9.87. The summed E-state index contributed by atoms with van der Waals surface area (Å²) in [7, 11) is 1.76. The molecular formula is C22H29N5O2S. The molecule has 160 valence electrons. The largest absolute Gasteiger partial charge is 0.598 e. The number of nitrogens with one attached hydrogen (secondary N) is 3. The Morgan fingerprint density at radius 1 is 1.23 bits per heavy atom. The first kappa shape index (κ1) is 19.9. The Hall–Kier alpha value is -2.00. The van der Waals surface area contributed by atoms with Crippen molar-refractivity contribution < 1.29 is 4.55 Å². The molecule has 7 nitrogen and oxygen atoms in total. The molecule has 3 saturated carbocycles. The van der Waals surface area contributed by atoms with Gasteiger partial charge >= 0.3 is 0 Å². The summed E-state index contributed by atoms with van der Waals surface area (Å²) in [6.07, 6.45) is 7.56. The van der Waals surface area contributed by atoms with Crippen molar-refractivity contribution in [3.63, 3.8) is 0 Å². The highest BCUT2D eigenvalue weighted by Gasteiger charge is 2.60. The maximum atomic E-state index is 13.1. The molecule has 1 aliphatic heterocycles. The van der Waals surface area contributed by atoms with E-state index in [4.69, 9.17) is 0 Å². The van der Waals surface area contributed by atoms with Crippen molar-refractivity contribution in [1.82, 2.24) is 25.3 Å². The van der Waals surface area contributed by atoms with E-state index in [1.54, 1.807) is 17.8 Å². The maximum Gasteiger partial charge on any atom is 0.258 e. The summed E-state index contributed by atoms with van der Waals surface area (Å²) in [5, 5.41) is 3.71. The second kappa shape index (κ2) is 6.75. The van der Waals surface area contributed by atoms with Crippen LogP contribution in [0.15, 0.2) is 47.2 Å². The molecule has 0 unspecified atom stereocenters. The van der Waals surface area contributed by atoms with Crippen LogP contribution >= 0.6 is 0 Å². The van der Waals surface area contributed by atoms with Crippen LogP contribution < -0.4 is 21.2 Å². The van der Waals surface area contributed by atoms with Gasteiger partial charge in [0.05, 0.1) is 11.2 Å². The van der Waals surface area contributed by atoms with Crippen LogP contribution in [0, 0.1) is 5.92 Å². The molecule has 30 heavy (non-hydrogen) atoms. The second-order valence-corrected chi connectivity index (χ2v) is 11.9. The molecule has 3 N–H and O–H groups in total. The fraction of sp³-hybridized carbons (Fsp3) is 0.500. The van der Waals surface area contributed by atoms with Crippen LogP contribution in [0.5, 0.6) is 0 Å². The highest BCUT2D eigenvalue weighted by molar-refractivity contribution is 7.90. The van der Waals surface area contributed by atoms with Gasteiger partial charge in [0.25, 0.3) is 5.56 Å². The van der Waals surface area contributed by atoms with Gasteiger partial charge in [-0.25, -0.2) is 0 Å². The zero-order valence-electron chi connectivity index (χ0n) is 17.9. The van der Waals surface area contributed by atoms with Gasteiger partial charge < -0.3 is 14.5 Å². The standard InChI is InChI=1S/C22H29N5O2S/c1-21(2,3)30(29)24-19(18-13-27(25-23-18)22-10-14(11-22)12-22)16-6-5-7-17-15(16)8-9-26(4)20(17)28/h5-9,13-14,19,23-25H,10-12H2,1-4H3/t14?,19-,22?,30+/m0/s1. The molecule has 2 aromatic rings. The fourth-order valence-corrected chi connectivity index (χ4v) is 5.51. The van der Waals surface area contributed by atoms with E-state index in [0.717, 1.165) is 22.6 Å². The van der Waals surface area contributed by atoms with Crippen molar-refractivity contribution in [2.45, 2.75) is 56.4 Å². The third-order valence-corrected chi connectivity index (χ3v) is 8.23. The molecule has 4 aliphatic rings. The minimum Gasteiger partial charge on any atom is -0.598 e. The number of pyridine rings is 1. The smallest absolute Gasteiger partial charge is 0.258 e. The van der Waals surface area contributed by atoms with E-state index in [0.29, 0.717) is 5.39 Å². The molecule has 3 aliphatic carbocycles. The minimum absolute atomic E-state index is 0.0352. The molecule has 0 radical (unpaired) electrons. The van der Waals surface area contributed by atoms with Gasteiger partial charge in [-0.2, -0.15) is 0 Å². The van der Waals surface area contributed by atoms with Gasteiger partial charge in [0, 0.05) is 36.2 Å². The summed E-state index contributed by atoms with van der Waals surface area (Å²) in [6, 6.07) is 7.37. The summed E-state index contributed by atoms with van der Waals surface area (Å²) < 4.78 is 17.6. The van der Waals surface area contributed by atoms with Crippen molar-refractivity contribution in [2.75, 3.05) is 0 Å². The number of aromatic nitrogens is 1. The quantitative estimate of drug-likeness (QED) is 0.636. The summed E-state index contributed by atoms with van der Waals surface area (Å²) >= 11 is -1.29. The topological polar surface area (TPSA) is 84.4 Å². The predicted molar refractivity (Wildman–Crippen MR) is 119 cm³/mol. The Morgan fingerprint density at radius 2 is 1.97 bits per heavy atom. The molecular weight excluding hydrogens is 398 g/mol. The predicted octanol–water partition coefficient (Wildman–Crippen LogP) is 2.35. The van der Waals surface area contributed by atoms with Crippen molar-refractivity contribution in [3.8, 4) is 0 Å². The highest BCUT2D eigenvalue weighted by atomic mass is 32.2. The lowest BCUT2D eigenvalue weighted by atomic mass is 9.49. The van der Waals surface area contributed by atoms with Crippen molar-refractivity contribution >= 4 is 22.1 Å². The first-order valence-corrected chi connectivity index (χ1v) is 11.6. The Morgan fingerprint density at radius 3 is 2.60 bits per heavy atom. The number of aryl methyl sites for hydroxylation is 1. The Labute approximate surface area is 179 Å². The van der Waals surface area contributed by atoms with Crippen LogP contribution in [0.4, 0.5) is 0 Å². The van der Waals surface area contributed by atoms with Crippen LogP contribution in [0.2, 0.25) is 0 Å². The van der Waals surface area contributed by atoms with E-state index in [1.165, 1.54) is 19.3 Å². The van der Waals surface area contributed by atoms with Gasteiger partial charge in [0.2, 0.25) is 0 Å². The van der Waals surface area contributed by atoms with E-state index in [2.05, 4.69) is 26.9 Å². The number of hydrogen-bond acceptors (Lipinski definition) is 6. The lowest BCUT2D eigenvalue weighted by Crippen LogP contribution is -2.69. The summed E-state index contributed by atoms with van der Waals surface area (Å²) in [5.41, 5.74) is 8.64. The van der Waals surface area contributed by atoms with Gasteiger partial charge in [-0.15, -0.1) is 10.3 Å². The maximum absolute atomic E-state index is 13.1. The zero-order valence-corrected chi connectivity index (χ0v) is 18.7. The van der Waals surface area contributed by atoms with E-state index < -0.39 is 16.1 Å². The van der Waals surface area contributed by atoms with E-state index in [9.17, 15) is 9.35 Å². The zero-order chi connectivity index (χ0) is 21.3. The van der Waals surface area contributed by atoms with Crippen LogP contribution in [-0.2, 0) is 18.4 Å². The molecule has 2 atom stereocenters. The molecule has 1 aromatic carbocycles. The Balaban J connectivity index is 1.57. The molecule has 2 bridgehead atoms. The molecule has 8 heteroatoms. The first-order valence-electron chi connectivity index (χ1n) is 10.5. The monoisotopic (exact) mass is 427 g/mol. The van der Waals surface area contributed by atoms with Crippen molar-refractivity contribution in [2.24, 2.45) is 13.0 Å². The van der Waals surface area contributed by atoms with Crippen LogP contribution in [0.3, 0.4) is 0 Å². The normalized spacial score (nSPS) is 27.2. The first-order chi connectivity index (χ1) is 14.2. The lowest BCUT2D eigenvalue weighted by Gasteiger charge is -2.64. The number of fused-ring (bicyclic) bond motifs is 1. The lowest BCUT2D eigenvalue weighted by molar-refractivity contribution is -0.141. The van der Waals surface area contributed by atoms with Crippen LogP contribution in [0.1, 0.15) is 51.6 Å². The molecule has 0 saturated heterocycles. The summed E-state index contributed by atoms with van der Waals surface area (Å²) in [6.45, 7) is 5.86. The third-order valence-electron chi connectivity index (χ3n) is 6.66. The highest BCUT2D eigenvalue weighted by Crippen LogP contribution is 2.60. The number of nitrogens with zero attached hydrogens (tertiary/aromatic N) is 2. The van der Waals surface area contributed by atoms with Crippen LogP contribution in [0.25, 0.3) is 10.8 Å². The van der Waals surface area contributed by atoms with E-state index in [-0.39, 0.29) is 17.1 Å². The SMILES string of the molecule is Cn1ccc2c([C@H](N[S@+]([O-])C(C)(C)C)C3=CN(C45CC(C4)C5)NN3)cccc2c1=O. The van der Waals surface area contributed by atoms with Gasteiger partial charge in [0.15, 0.2) is 0 Å².